The fourth-order valence-electron chi connectivity index (χ4n) is 2.88. The van der Waals surface area contributed by atoms with Gasteiger partial charge in [0.1, 0.15) is 0 Å². The molecule has 1 heterocycles. The standard InChI is InChI=1S/C18H16ClN3O/c19-16-7-12(8-20)5-6-15(16)18(23)17(21)11-22-9-13-3-1-2-4-14(13)10-22/h1-7,17H,9-11,21H2. The van der Waals surface area contributed by atoms with Gasteiger partial charge in [-0.3, -0.25) is 9.69 Å². The van der Waals surface area contributed by atoms with Crippen LogP contribution < -0.4 is 5.73 Å². The molecule has 23 heavy (non-hydrogen) atoms. The van der Waals surface area contributed by atoms with Crippen LogP contribution in [0.4, 0.5) is 0 Å². The Kier molecular flexibility index (Phi) is 4.44. The van der Waals surface area contributed by atoms with Crippen LogP contribution in [0.3, 0.4) is 0 Å². The number of carbonyl (C=O) groups excluding carboxylic acids is 1. The van der Waals surface area contributed by atoms with E-state index in [2.05, 4.69) is 17.0 Å². The van der Waals surface area contributed by atoms with Gasteiger partial charge in [0.25, 0.3) is 0 Å². The number of fused-ring (bicyclic) bond motifs is 1. The largest absolute Gasteiger partial charge is 0.320 e. The maximum atomic E-state index is 12.5. The topological polar surface area (TPSA) is 70.1 Å². The highest BCUT2D eigenvalue weighted by molar-refractivity contribution is 6.34. The molecule has 1 aliphatic rings. The Morgan fingerprint density at radius 2 is 1.91 bits per heavy atom. The van der Waals surface area contributed by atoms with E-state index < -0.39 is 6.04 Å². The van der Waals surface area contributed by atoms with E-state index in [1.807, 2.05) is 18.2 Å². The maximum absolute atomic E-state index is 12.5. The second-order valence-corrected chi connectivity index (χ2v) is 6.12. The molecular formula is C18H16ClN3O. The van der Waals surface area contributed by atoms with E-state index >= 15 is 0 Å². The van der Waals surface area contributed by atoms with Crippen molar-refractivity contribution in [2.45, 2.75) is 19.1 Å². The van der Waals surface area contributed by atoms with Gasteiger partial charge in [-0.05, 0) is 29.3 Å². The lowest BCUT2D eigenvalue weighted by atomic mass is 10.0. The zero-order chi connectivity index (χ0) is 16.4. The Bertz CT molecular complexity index is 772. The Hall–Kier alpha value is -2.19. The van der Waals surface area contributed by atoms with Crippen LogP contribution in [0.5, 0.6) is 0 Å². The highest BCUT2D eigenvalue weighted by Gasteiger charge is 2.25. The molecule has 0 spiro atoms. The summed E-state index contributed by atoms with van der Waals surface area (Å²) in [5.41, 5.74) is 9.45. The average molecular weight is 326 g/mol. The summed E-state index contributed by atoms with van der Waals surface area (Å²) in [6.07, 6.45) is 0. The van der Waals surface area contributed by atoms with Gasteiger partial charge >= 0.3 is 0 Å². The van der Waals surface area contributed by atoms with Crippen molar-refractivity contribution in [1.82, 2.24) is 4.90 Å². The van der Waals surface area contributed by atoms with Crippen LogP contribution >= 0.6 is 11.6 Å². The van der Waals surface area contributed by atoms with Crippen molar-refractivity contribution in [1.29, 1.82) is 5.26 Å². The zero-order valence-electron chi connectivity index (χ0n) is 12.5. The lowest BCUT2D eigenvalue weighted by molar-refractivity contribution is 0.0935. The molecule has 2 aromatic carbocycles. The SMILES string of the molecule is N#Cc1ccc(C(=O)C(N)CN2Cc3ccccc3C2)c(Cl)c1. The molecule has 3 rings (SSSR count). The van der Waals surface area contributed by atoms with E-state index in [9.17, 15) is 4.79 Å². The summed E-state index contributed by atoms with van der Waals surface area (Å²) in [5, 5.41) is 9.12. The van der Waals surface area contributed by atoms with E-state index in [1.54, 1.807) is 12.1 Å². The van der Waals surface area contributed by atoms with Gasteiger partial charge in [0.2, 0.25) is 0 Å². The van der Waals surface area contributed by atoms with Crippen LogP contribution in [0.25, 0.3) is 0 Å². The molecule has 1 unspecified atom stereocenters. The molecular weight excluding hydrogens is 310 g/mol. The number of rotatable bonds is 4. The van der Waals surface area contributed by atoms with Crippen molar-refractivity contribution >= 4 is 17.4 Å². The number of nitrogens with two attached hydrogens (primary N) is 1. The first-order valence-electron chi connectivity index (χ1n) is 7.37. The minimum absolute atomic E-state index is 0.199. The van der Waals surface area contributed by atoms with Gasteiger partial charge in [-0.25, -0.2) is 0 Å². The van der Waals surface area contributed by atoms with E-state index in [0.717, 1.165) is 13.1 Å². The van der Waals surface area contributed by atoms with Crippen LogP contribution in [-0.2, 0) is 13.1 Å². The molecule has 0 radical (unpaired) electrons. The van der Waals surface area contributed by atoms with Crippen LogP contribution in [0.2, 0.25) is 5.02 Å². The lowest BCUT2D eigenvalue weighted by Gasteiger charge is -2.19. The summed E-state index contributed by atoms with van der Waals surface area (Å²) in [5.74, 6) is -0.199. The van der Waals surface area contributed by atoms with Crippen LogP contribution in [0, 0.1) is 11.3 Å². The zero-order valence-corrected chi connectivity index (χ0v) is 13.3. The predicted molar refractivity (Wildman–Crippen MR) is 89.0 cm³/mol. The van der Waals surface area contributed by atoms with Crippen molar-refractivity contribution < 1.29 is 4.79 Å². The second kappa shape index (κ2) is 6.51. The van der Waals surface area contributed by atoms with Crippen LogP contribution in [0.1, 0.15) is 27.0 Å². The number of Topliss-reactive ketones (excluding diaryl/α,β-unsaturated/α-hetero) is 1. The third-order valence-electron chi connectivity index (χ3n) is 4.06. The fraction of sp³-hybridized carbons (Fsp3) is 0.222. The average Bonchev–Trinajstić information content (AvgIpc) is 2.96. The van der Waals surface area contributed by atoms with Crippen molar-refractivity contribution in [2.24, 2.45) is 5.73 Å². The number of halogens is 1. The molecule has 0 saturated carbocycles. The number of carbonyl (C=O) groups is 1. The third kappa shape index (κ3) is 3.27. The van der Waals surface area contributed by atoms with Gasteiger partial charge in [-0.2, -0.15) is 5.26 Å². The number of nitrogens with zero attached hydrogens (tertiary/aromatic N) is 2. The van der Waals surface area contributed by atoms with E-state index in [-0.39, 0.29) is 10.8 Å². The molecule has 0 aliphatic carbocycles. The van der Waals surface area contributed by atoms with Crippen molar-refractivity contribution in [3.8, 4) is 6.07 Å². The minimum Gasteiger partial charge on any atom is -0.320 e. The smallest absolute Gasteiger partial charge is 0.182 e. The van der Waals surface area contributed by atoms with Gasteiger partial charge in [-0.15, -0.1) is 0 Å². The van der Waals surface area contributed by atoms with Crippen molar-refractivity contribution in [3.05, 3.63) is 69.7 Å². The van der Waals surface area contributed by atoms with Crippen LogP contribution in [-0.4, -0.2) is 23.3 Å². The van der Waals surface area contributed by atoms with Gasteiger partial charge in [0, 0.05) is 25.2 Å². The van der Waals surface area contributed by atoms with Gasteiger partial charge < -0.3 is 5.73 Å². The Balaban J connectivity index is 1.69. The van der Waals surface area contributed by atoms with Gasteiger partial charge in [-0.1, -0.05) is 35.9 Å². The van der Waals surface area contributed by atoms with E-state index in [1.165, 1.54) is 17.2 Å². The van der Waals surface area contributed by atoms with Crippen LogP contribution in [0.15, 0.2) is 42.5 Å². The molecule has 0 saturated heterocycles. The summed E-state index contributed by atoms with van der Waals surface area (Å²) < 4.78 is 0. The molecule has 4 nitrogen and oxygen atoms in total. The summed E-state index contributed by atoms with van der Waals surface area (Å²) >= 11 is 6.10. The first-order chi connectivity index (χ1) is 11.1. The fourth-order valence-corrected chi connectivity index (χ4v) is 3.15. The lowest BCUT2D eigenvalue weighted by Crippen LogP contribution is -2.41. The minimum atomic E-state index is -0.644. The molecule has 0 amide bonds. The quantitative estimate of drug-likeness (QED) is 0.877. The molecule has 5 heteroatoms. The number of benzene rings is 2. The van der Waals surface area contributed by atoms with E-state index in [4.69, 9.17) is 22.6 Å². The molecule has 0 fully saturated rings. The number of hydrogen-bond acceptors (Lipinski definition) is 4. The predicted octanol–water partition coefficient (Wildman–Crippen LogP) is 2.74. The van der Waals surface area contributed by atoms with Crippen molar-refractivity contribution in [3.63, 3.8) is 0 Å². The first-order valence-corrected chi connectivity index (χ1v) is 7.75. The molecule has 116 valence electrons. The third-order valence-corrected chi connectivity index (χ3v) is 4.37. The molecule has 1 atom stereocenters. The summed E-state index contributed by atoms with van der Waals surface area (Å²) in [6.45, 7) is 2.08. The molecule has 2 aromatic rings. The highest BCUT2D eigenvalue weighted by atomic mass is 35.5. The molecule has 2 N–H and O–H groups in total. The van der Waals surface area contributed by atoms with Gasteiger partial charge in [0.15, 0.2) is 5.78 Å². The first kappa shape index (κ1) is 15.7. The number of nitriles is 1. The summed E-state index contributed by atoms with van der Waals surface area (Å²) in [4.78, 5) is 14.7. The van der Waals surface area contributed by atoms with E-state index in [0.29, 0.717) is 17.7 Å². The summed E-state index contributed by atoms with van der Waals surface area (Å²) in [6, 6.07) is 14.2. The Morgan fingerprint density at radius 1 is 1.26 bits per heavy atom. The normalized spacial score (nSPS) is 15.0. The number of hydrogen-bond donors (Lipinski definition) is 1. The van der Waals surface area contributed by atoms with Crippen molar-refractivity contribution in [2.75, 3.05) is 6.54 Å². The Labute approximate surface area is 140 Å². The highest BCUT2D eigenvalue weighted by Crippen LogP contribution is 2.23. The molecule has 0 bridgehead atoms. The maximum Gasteiger partial charge on any atom is 0.182 e. The molecule has 1 aliphatic heterocycles. The molecule has 0 aromatic heterocycles. The van der Waals surface area contributed by atoms with Gasteiger partial charge in [0.05, 0.1) is 22.7 Å². The second-order valence-electron chi connectivity index (χ2n) is 5.72. The number of ketones is 1. The Morgan fingerprint density at radius 3 is 2.48 bits per heavy atom. The monoisotopic (exact) mass is 325 g/mol. The summed E-state index contributed by atoms with van der Waals surface area (Å²) in [7, 11) is 0.